The van der Waals surface area contributed by atoms with Crippen LogP contribution in [0.4, 0.5) is 19.0 Å². The molecular formula is C13H15F3N4S. The molecule has 0 aromatic carbocycles. The first kappa shape index (κ1) is 15.7. The molecule has 0 fully saturated rings. The molecule has 0 saturated carbocycles. The summed E-state index contributed by atoms with van der Waals surface area (Å²) in [7, 11) is 0. The zero-order chi connectivity index (χ0) is 15.5. The second kappa shape index (κ2) is 6.38. The van der Waals surface area contributed by atoms with Crippen molar-refractivity contribution in [1.82, 2.24) is 15.2 Å². The van der Waals surface area contributed by atoms with Crippen molar-refractivity contribution in [2.45, 2.75) is 32.5 Å². The summed E-state index contributed by atoms with van der Waals surface area (Å²) < 4.78 is 37.5. The largest absolute Gasteiger partial charge is 0.435 e. The Morgan fingerprint density at radius 2 is 2.00 bits per heavy atom. The van der Waals surface area contributed by atoms with Crippen LogP contribution >= 0.6 is 11.3 Å². The number of anilines is 1. The Labute approximate surface area is 124 Å². The number of thiazole rings is 1. The van der Waals surface area contributed by atoms with Crippen molar-refractivity contribution in [2.24, 2.45) is 0 Å². The second-order valence-corrected chi connectivity index (χ2v) is 5.72. The first-order chi connectivity index (χ1) is 9.88. The molecule has 0 radical (unpaired) electrons. The number of aromatic nitrogens is 3. The van der Waals surface area contributed by atoms with Crippen LogP contribution in [0.5, 0.6) is 0 Å². The Morgan fingerprint density at radius 1 is 1.24 bits per heavy atom. The van der Waals surface area contributed by atoms with Crippen molar-refractivity contribution in [3.63, 3.8) is 0 Å². The third-order valence-corrected chi connectivity index (χ3v) is 3.75. The van der Waals surface area contributed by atoms with Gasteiger partial charge in [0.15, 0.2) is 11.5 Å². The number of nitrogens with zero attached hydrogens (tertiary/aromatic N) is 4. The lowest BCUT2D eigenvalue weighted by Gasteiger charge is -2.27. The van der Waals surface area contributed by atoms with Crippen molar-refractivity contribution in [1.29, 1.82) is 0 Å². The molecule has 0 aliphatic heterocycles. The quantitative estimate of drug-likeness (QED) is 0.848. The smallest absolute Gasteiger partial charge is 0.352 e. The zero-order valence-corrected chi connectivity index (χ0v) is 12.4. The summed E-state index contributed by atoms with van der Waals surface area (Å²) in [6.45, 7) is 4.55. The summed E-state index contributed by atoms with van der Waals surface area (Å²) >= 11 is 1.56. The van der Waals surface area contributed by atoms with E-state index in [1.165, 1.54) is 6.07 Å². The van der Waals surface area contributed by atoms with Crippen LogP contribution in [-0.2, 0) is 12.6 Å². The Bertz CT molecular complexity index is 552. The second-order valence-electron chi connectivity index (χ2n) is 4.74. The van der Waals surface area contributed by atoms with Gasteiger partial charge in [0.05, 0.1) is 5.01 Å². The Hall–Kier alpha value is -1.70. The Balaban J connectivity index is 2.11. The maximum Gasteiger partial charge on any atom is 0.435 e. The van der Waals surface area contributed by atoms with E-state index in [0.29, 0.717) is 12.4 Å². The summed E-state index contributed by atoms with van der Waals surface area (Å²) in [4.78, 5) is 6.11. The molecule has 2 rings (SSSR count). The number of halogens is 3. The van der Waals surface area contributed by atoms with Crippen LogP contribution in [0.15, 0.2) is 23.7 Å². The van der Waals surface area contributed by atoms with Gasteiger partial charge in [-0.1, -0.05) is 0 Å². The van der Waals surface area contributed by atoms with Crippen molar-refractivity contribution in [2.75, 3.05) is 11.4 Å². The molecule has 114 valence electrons. The molecule has 2 heterocycles. The van der Waals surface area contributed by atoms with E-state index in [1.807, 2.05) is 24.1 Å². The van der Waals surface area contributed by atoms with Crippen molar-refractivity contribution in [3.05, 3.63) is 34.4 Å². The molecule has 0 saturated heterocycles. The fourth-order valence-electron chi connectivity index (χ4n) is 1.86. The van der Waals surface area contributed by atoms with Crippen LogP contribution in [0, 0.1) is 0 Å². The van der Waals surface area contributed by atoms with E-state index in [0.717, 1.165) is 17.5 Å². The molecule has 21 heavy (non-hydrogen) atoms. The summed E-state index contributed by atoms with van der Waals surface area (Å²) in [5.41, 5.74) is -0.977. The summed E-state index contributed by atoms with van der Waals surface area (Å²) in [5, 5.41) is 9.86. The van der Waals surface area contributed by atoms with E-state index in [9.17, 15) is 13.2 Å². The molecule has 2 aromatic heterocycles. The fraction of sp³-hybridized carbons (Fsp3) is 0.462. The lowest BCUT2D eigenvalue weighted by Crippen LogP contribution is -2.33. The first-order valence-corrected chi connectivity index (χ1v) is 7.32. The van der Waals surface area contributed by atoms with E-state index in [2.05, 4.69) is 15.2 Å². The molecular weight excluding hydrogens is 301 g/mol. The highest BCUT2D eigenvalue weighted by Gasteiger charge is 2.33. The molecule has 0 bridgehead atoms. The van der Waals surface area contributed by atoms with Crippen molar-refractivity contribution in [3.8, 4) is 0 Å². The lowest BCUT2D eigenvalue weighted by atomic mass is 10.2. The van der Waals surface area contributed by atoms with Gasteiger partial charge >= 0.3 is 6.18 Å². The van der Waals surface area contributed by atoms with E-state index in [-0.39, 0.29) is 6.04 Å². The normalized spacial score (nSPS) is 11.9. The van der Waals surface area contributed by atoms with Gasteiger partial charge in [-0.3, -0.25) is 0 Å². The van der Waals surface area contributed by atoms with Gasteiger partial charge in [-0.25, -0.2) is 4.98 Å². The summed E-state index contributed by atoms with van der Waals surface area (Å²) in [6.07, 6.45) is -2.01. The third-order valence-electron chi connectivity index (χ3n) is 2.91. The highest BCUT2D eigenvalue weighted by molar-refractivity contribution is 7.09. The van der Waals surface area contributed by atoms with E-state index in [1.54, 1.807) is 17.5 Å². The van der Waals surface area contributed by atoms with Crippen LogP contribution in [0.1, 0.15) is 24.5 Å². The molecule has 2 aromatic rings. The van der Waals surface area contributed by atoms with Crippen LogP contribution in [0.25, 0.3) is 0 Å². The van der Waals surface area contributed by atoms with E-state index in [4.69, 9.17) is 0 Å². The standard InChI is InChI=1S/C13H15F3N4S/c1-9(2)20(7-5-12-17-6-8-21-12)11-4-3-10(18-19-11)13(14,15)16/h3-4,6,8-9H,5,7H2,1-2H3. The highest BCUT2D eigenvalue weighted by Crippen LogP contribution is 2.27. The topological polar surface area (TPSA) is 41.9 Å². The molecule has 8 heteroatoms. The van der Waals surface area contributed by atoms with Gasteiger partial charge in [0.25, 0.3) is 0 Å². The van der Waals surface area contributed by atoms with Gasteiger partial charge < -0.3 is 4.90 Å². The van der Waals surface area contributed by atoms with Crippen molar-refractivity contribution >= 4 is 17.2 Å². The zero-order valence-electron chi connectivity index (χ0n) is 11.6. The minimum Gasteiger partial charge on any atom is -0.352 e. The van der Waals surface area contributed by atoms with Gasteiger partial charge in [-0.05, 0) is 26.0 Å². The van der Waals surface area contributed by atoms with Crippen LogP contribution in [-0.4, -0.2) is 27.8 Å². The average molecular weight is 316 g/mol. The molecule has 4 nitrogen and oxygen atoms in total. The van der Waals surface area contributed by atoms with Gasteiger partial charge in [0.1, 0.15) is 0 Å². The molecule has 0 N–H and O–H groups in total. The predicted molar refractivity (Wildman–Crippen MR) is 75.3 cm³/mol. The number of rotatable bonds is 5. The van der Waals surface area contributed by atoms with E-state index >= 15 is 0 Å². The summed E-state index contributed by atoms with van der Waals surface area (Å²) in [6, 6.07) is 2.43. The van der Waals surface area contributed by atoms with Gasteiger partial charge in [0, 0.05) is 30.6 Å². The lowest BCUT2D eigenvalue weighted by molar-refractivity contribution is -0.141. The molecule has 0 aliphatic carbocycles. The Kier molecular flexibility index (Phi) is 4.76. The van der Waals surface area contributed by atoms with Crippen LogP contribution < -0.4 is 4.90 Å². The first-order valence-electron chi connectivity index (χ1n) is 6.44. The highest BCUT2D eigenvalue weighted by atomic mass is 32.1. The molecule has 0 aliphatic rings. The average Bonchev–Trinajstić information content (AvgIpc) is 2.91. The number of hydrogen-bond donors (Lipinski definition) is 0. The minimum atomic E-state index is -4.46. The third kappa shape index (κ3) is 4.13. The maximum atomic E-state index is 12.5. The van der Waals surface area contributed by atoms with Gasteiger partial charge in [-0.2, -0.15) is 13.2 Å². The minimum absolute atomic E-state index is 0.107. The fourth-order valence-corrected chi connectivity index (χ4v) is 2.47. The SMILES string of the molecule is CC(C)N(CCc1nccs1)c1ccc(C(F)(F)F)nn1. The monoisotopic (exact) mass is 316 g/mol. The van der Waals surface area contributed by atoms with Gasteiger partial charge in [-0.15, -0.1) is 21.5 Å². The number of alkyl halides is 3. The summed E-state index contributed by atoms with van der Waals surface area (Å²) in [5.74, 6) is 0.439. The predicted octanol–water partition coefficient (Wildman–Crippen LogP) is 3.41. The van der Waals surface area contributed by atoms with Crippen LogP contribution in [0.3, 0.4) is 0 Å². The van der Waals surface area contributed by atoms with Crippen molar-refractivity contribution < 1.29 is 13.2 Å². The number of hydrogen-bond acceptors (Lipinski definition) is 5. The molecule has 0 atom stereocenters. The van der Waals surface area contributed by atoms with E-state index < -0.39 is 11.9 Å². The van der Waals surface area contributed by atoms with Crippen LogP contribution in [0.2, 0.25) is 0 Å². The maximum absolute atomic E-state index is 12.5. The molecule has 0 amide bonds. The Morgan fingerprint density at radius 3 is 2.48 bits per heavy atom. The molecule has 0 unspecified atom stereocenters. The van der Waals surface area contributed by atoms with Gasteiger partial charge in [0.2, 0.25) is 0 Å². The molecule has 0 spiro atoms.